The zero-order valence-electron chi connectivity index (χ0n) is 18.4. The van der Waals surface area contributed by atoms with Crippen molar-refractivity contribution < 1.29 is 33.4 Å². The van der Waals surface area contributed by atoms with E-state index in [0.29, 0.717) is 24.3 Å². The van der Waals surface area contributed by atoms with Crippen LogP contribution in [0.15, 0.2) is 48.5 Å². The van der Waals surface area contributed by atoms with Gasteiger partial charge in [0.1, 0.15) is 0 Å². The van der Waals surface area contributed by atoms with Crippen molar-refractivity contribution in [1.82, 2.24) is 10.9 Å². The summed E-state index contributed by atoms with van der Waals surface area (Å²) in [5, 5.41) is 2.80. The number of hydrogen-bond acceptors (Lipinski definition) is 7. The standard InChI is InChI=1S/C23H24ClN3O7/c1-2-13-33-23(32)15-7-9-16(10-8-15)25-19(28)11-12-21(30)34-14-20(29)26-27-22(31)17-5-3-4-6-18(17)24/h3-10H,2,11-14H2,1H3,(H,25,28)(H,26,29)(H,27,31). The molecule has 2 rings (SSSR count). The van der Waals surface area contributed by atoms with Crippen molar-refractivity contribution in [2.24, 2.45) is 0 Å². The highest BCUT2D eigenvalue weighted by Gasteiger charge is 2.13. The lowest BCUT2D eigenvalue weighted by Crippen LogP contribution is -2.43. The molecule has 180 valence electrons. The maximum atomic E-state index is 12.0. The Morgan fingerprint density at radius 1 is 0.853 bits per heavy atom. The van der Waals surface area contributed by atoms with E-state index >= 15 is 0 Å². The molecule has 0 fully saturated rings. The number of benzene rings is 2. The zero-order chi connectivity index (χ0) is 24.9. The topological polar surface area (TPSA) is 140 Å². The first-order valence-electron chi connectivity index (χ1n) is 10.4. The first-order chi connectivity index (χ1) is 16.3. The number of hydrogen-bond donors (Lipinski definition) is 3. The highest BCUT2D eigenvalue weighted by molar-refractivity contribution is 6.33. The van der Waals surface area contributed by atoms with Crippen LogP contribution in [0, 0.1) is 0 Å². The van der Waals surface area contributed by atoms with Gasteiger partial charge in [-0.15, -0.1) is 0 Å². The first kappa shape index (κ1) is 26.3. The number of ether oxygens (including phenoxy) is 2. The molecule has 0 unspecified atom stereocenters. The number of esters is 2. The third-order valence-corrected chi connectivity index (χ3v) is 4.53. The van der Waals surface area contributed by atoms with Gasteiger partial charge in [0.2, 0.25) is 5.91 Å². The van der Waals surface area contributed by atoms with Gasteiger partial charge in [0, 0.05) is 12.1 Å². The molecule has 0 aliphatic heterocycles. The molecule has 0 aliphatic carbocycles. The summed E-state index contributed by atoms with van der Waals surface area (Å²) in [5.74, 6) is -3.06. The van der Waals surface area contributed by atoms with Gasteiger partial charge in [0.25, 0.3) is 11.8 Å². The van der Waals surface area contributed by atoms with E-state index in [1.54, 1.807) is 24.3 Å². The molecule has 0 saturated heterocycles. The molecule has 0 aliphatic rings. The van der Waals surface area contributed by atoms with Crippen LogP contribution >= 0.6 is 11.6 Å². The molecule has 2 aromatic carbocycles. The van der Waals surface area contributed by atoms with E-state index in [2.05, 4.69) is 16.2 Å². The number of halogens is 1. The van der Waals surface area contributed by atoms with Crippen LogP contribution in [0.3, 0.4) is 0 Å². The minimum absolute atomic E-state index is 0.165. The van der Waals surface area contributed by atoms with Crippen molar-refractivity contribution in [1.29, 1.82) is 0 Å². The lowest BCUT2D eigenvalue weighted by atomic mass is 10.2. The van der Waals surface area contributed by atoms with Crippen LogP contribution in [0.2, 0.25) is 5.02 Å². The number of amides is 3. The molecule has 0 atom stereocenters. The molecule has 0 aromatic heterocycles. The van der Waals surface area contributed by atoms with Crippen LogP contribution < -0.4 is 16.2 Å². The van der Waals surface area contributed by atoms with Crippen LogP contribution in [0.1, 0.15) is 46.9 Å². The average molecular weight is 490 g/mol. The number of anilines is 1. The minimum atomic E-state index is -0.768. The van der Waals surface area contributed by atoms with Crippen molar-refractivity contribution >= 4 is 46.9 Å². The average Bonchev–Trinajstić information content (AvgIpc) is 2.84. The fraction of sp³-hybridized carbons (Fsp3) is 0.261. The van der Waals surface area contributed by atoms with E-state index < -0.39 is 36.3 Å². The lowest BCUT2D eigenvalue weighted by molar-refractivity contribution is -0.149. The zero-order valence-corrected chi connectivity index (χ0v) is 19.1. The van der Waals surface area contributed by atoms with Gasteiger partial charge in [-0.2, -0.15) is 0 Å². The monoisotopic (exact) mass is 489 g/mol. The number of carbonyl (C=O) groups excluding carboxylic acids is 5. The third kappa shape index (κ3) is 8.91. The van der Waals surface area contributed by atoms with Crippen molar-refractivity contribution in [3.63, 3.8) is 0 Å². The molecule has 0 bridgehead atoms. The predicted octanol–water partition coefficient (Wildman–Crippen LogP) is 2.63. The highest BCUT2D eigenvalue weighted by atomic mass is 35.5. The fourth-order valence-electron chi connectivity index (χ4n) is 2.50. The maximum absolute atomic E-state index is 12.0. The SMILES string of the molecule is CCCOC(=O)c1ccc(NC(=O)CCC(=O)OCC(=O)NNC(=O)c2ccccc2Cl)cc1. The maximum Gasteiger partial charge on any atom is 0.338 e. The number of rotatable bonds is 10. The normalized spacial score (nSPS) is 10.1. The first-order valence-corrected chi connectivity index (χ1v) is 10.7. The molecular weight excluding hydrogens is 466 g/mol. The van der Waals surface area contributed by atoms with Crippen molar-refractivity contribution in [3.8, 4) is 0 Å². The Morgan fingerprint density at radius 3 is 2.24 bits per heavy atom. The van der Waals surface area contributed by atoms with E-state index in [0.717, 1.165) is 0 Å². The minimum Gasteiger partial charge on any atom is -0.462 e. The quantitative estimate of drug-likeness (QED) is 0.344. The van der Waals surface area contributed by atoms with Gasteiger partial charge in [-0.25, -0.2) is 4.79 Å². The molecule has 2 aromatic rings. The Hall–Kier alpha value is -3.92. The summed E-state index contributed by atoms with van der Waals surface area (Å²) < 4.78 is 9.80. The second-order valence-corrected chi connectivity index (χ2v) is 7.31. The van der Waals surface area contributed by atoms with Crippen molar-refractivity contribution in [2.75, 3.05) is 18.5 Å². The summed E-state index contributed by atoms with van der Waals surface area (Å²) in [5.41, 5.74) is 5.22. The summed E-state index contributed by atoms with van der Waals surface area (Å²) in [6.07, 6.45) is 0.281. The van der Waals surface area contributed by atoms with Gasteiger partial charge in [0.15, 0.2) is 6.61 Å². The molecular formula is C23H24ClN3O7. The van der Waals surface area contributed by atoms with Crippen LogP contribution in [-0.2, 0) is 23.9 Å². The second-order valence-electron chi connectivity index (χ2n) is 6.90. The lowest BCUT2D eigenvalue weighted by Gasteiger charge is -2.09. The van der Waals surface area contributed by atoms with E-state index in [-0.39, 0.29) is 23.4 Å². The Bertz CT molecular complexity index is 1040. The van der Waals surface area contributed by atoms with Crippen LogP contribution in [0.25, 0.3) is 0 Å². The fourth-order valence-corrected chi connectivity index (χ4v) is 2.72. The van der Waals surface area contributed by atoms with Gasteiger partial charge >= 0.3 is 11.9 Å². The van der Waals surface area contributed by atoms with Crippen LogP contribution in [-0.4, -0.2) is 42.9 Å². The smallest absolute Gasteiger partial charge is 0.338 e. The van der Waals surface area contributed by atoms with Gasteiger partial charge < -0.3 is 14.8 Å². The molecule has 0 heterocycles. The van der Waals surface area contributed by atoms with Crippen molar-refractivity contribution in [2.45, 2.75) is 26.2 Å². The van der Waals surface area contributed by atoms with E-state index in [9.17, 15) is 24.0 Å². The Kier molecular flexibility index (Phi) is 10.5. The molecule has 10 nitrogen and oxygen atoms in total. The summed E-state index contributed by atoms with van der Waals surface area (Å²) in [6.45, 7) is 1.57. The van der Waals surface area contributed by atoms with Crippen molar-refractivity contribution in [3.05, 3.63) is 64.7 Å². The summed E-state index contributed by atoms with van der Waals surface area (Å²) in [4.78, 5) is 59.2. The van der Waals surface area contributed by atoms with Gasteiger partial charge in [0.05, 0.1) is 29.2 Å². The molecule has 0 radical (unpaired) electrons. The van der Waals surface area contributed by atoms with Gasteiger partial charge in [-0.3, -0.25) is 30.0 Å². The van der Waals surface area contributed by atoms with Crippen LogP contribution in [0.4, 0.5) is 5.69 Å². The molecule has 11 heteroatoms. The molecule has 3 N–H and O–H groups in total. The Labute approximate surface area is 200 Å². The molecule has 34 heavy (non-hydrogen) atoms. The summed E-state index contributed by atoms with van der Waals surface area (Å²) >= 11 is 5.89. The van der Waals surface area contributed by atoms with Gasteiger partial charge in [-0.05, 0) is 42.8 Å². The van der Waals surface area contributed by atoms with E-state index in [1.807, 2.05) is 6.92 Å². The second kappa shape index (κ2) is 13.6. The summed E-state index contributed by atoms with van der Waals surface area (Å²) in [7, 11) is 0. The number of hydrazine groups is 1. The van der Waals surface area contributed by atoms with Gasteiger partial charge in [-0.1, -0.05) is 30.7 Å². The molecule has 0 saturated carbocycles. The highest BCUT2D eigenvalue weighted by Crippen LogP contribution is 2.14. The molecule has 0 spiro atoms. The Morgan fingerprint density at radius 2 is 1.56 bits per heavy atom. The summed E-state index contributed by atoms with van der Waals surface area (Å²) in [6, 6.07) is 12.4. The number of nitrogens with one attached hydrogen (secondary N) is 3. The number of carbonyl (C=O) groups is 5. The largest absolute Gasteiger partial charge is 0.462 e. The van der Waals surface area contributed by atoms with Crippen LogP contribution in [0.5, 0.6) is 0 Å². The third-order valence-electron chi connectivity index (χ3n) is 4.20. The van der Waals surface area contributed by atoms with E-state index in [1.165, 1.54) is 24.3 Å². The van der Waals surface area contributed by atoms with E-state index in [4.69, 9.17) is 21.1 Å². The predicted molar refractivity (Wildman–Crippen MR) is 123 cm³/mol. The Balaban J connectivity index is 1.66. The molecule has 3 amide bonds.